The summed E-state index contributed by atoms with van der Waals surface area (Å²) in [6.07, 6.45) is 1.35. The molecule has 0 unspecified atom stereocenters. The number of nitrogens with one attached hydrogen (secondary N) is 1. The van der Waals surface area contributed by atoms with Crippen molar-refractivity contribution in [3.63, 3.8) is 0 Å². The molecular weight excluding hydrogens is 344 g/mol. The van der Waals surface area contributed by atoms with Crippen LogP contribution in [0.5, 0.6) is 0 Å². The molecule has 0 atom stereocenters. The zero-order chi connectivity index (χ0) is 18.2. The molecule has 3 rings (SSSR count). The Hall–Kier alpha value is -2.26. The first kappa shape index (κ1) is 17.6. The van der Waals surface area contributed by atoms with Crippen molar-refractivity contribution in [2.24, 2.45) is 0 Å². The zero-order valence-corrected chi connectivity index (χ0v) is 15.1. The number of hydrogen-bond donors (Lipinski definition) is 1. The van der Waals surface area contributed by atoms with Gasteiger partial charge in [0.25, 0.3) is 0 Å². The van der Waals surface area contributed by atoms with E-state index in [1.165, 1.54) is 12.1 Å². The summed E-state index contributed by atoms with van der Waals surface area (Å²) in [5, 5.41) is 3.78. The predicted molar refractivity (Wildman–Crippen MR) is 90.4 cm³/mol. The van der Waals surface area contributed by atoms with Gasteiger partial charge in [-0.1, -0.05) is 5.16 Å². The van der Waals surface area contributed by atoms with Crippen LogP contribution in [0.2, 0.25) is 0 Å². The van der Waals surface area contributed by atoms with E-state index in [0.29, 0.717) is 24.5 Å². The van der Waals surface area contributed by atoms with Gasteiger partial charge in [-0.25, -0.2) is 8.42 Å². The maximum atomic E-state index is 12.6. The Morgan fingerprint density at radius 3 is 2.44 bits per heavy atom. The fourth-order valence-electron chi connectivity index (χ4n) is 2.72. The number of carbonyl (C=O) groups excluding carboxylic acids is 1. The number of aryl methyl sites for hydroxylation is 1. The lowest BCUT2D eigenvalue weighted by Crippen LogP contribution is -2.41. The molecule has 1 aliphatic rings. The number of carbonyl (C=O) groups is 1. The van der Waals surface area contributed by atoms with Gasteiger partial charge in [0.2, 0.25) is 21.8 Å². The minimum Gasteiger partial charge on any atom is -0.340 e. The van der Waals surface area contributed by atoms with Crippen LogP contribution in [0.1, 0.15) is 38.4 Å². The van der Waals surface area contributed by atoms with E-state index in [1.54, 1.807) is 37.8 Å². The average molecular weight is 364 g/mol. The van der Waals surface area contributed by atoms with Gasteiger partial charge in [-0.3, -0.25) is 4.79 Å². The number of aromatic nitrogens is 2. The van der Waals surface area contributed by atoms with E-state index in [-0.39, 0.29) is 16.6 Å². The molecule has 9 heteroatoms. The predicted octanol–water partition coefficient (Wildman–Crippen LogP) is 1.72. The highest BCUT2D eigenvalue weighted by Gasteiger charge is 2.32. The van der Waals surface area contributed by atoms with Crippen LogP contribution in [0.15, 0.2) is 33.7 Å². The first-order chi connectivity index (χ1) is 11.7. The van der Waals surface area contributed by atoms with Crippen molar-refractivity contribution in [2.75, 3.05) is 11.4 Å². The number of anilines is 1. The molecule has 8 nitrogen and oxygen atoms in total. The first-order valence-electron chi connectivity index (χ1n) is 7.94. The largest absolute Gasteiger partial charge is 0.340 e. The molecule has 1 N–H and O–H groups in total. The van der Waals surface area contributed by atoms with E-state index in [9.17, 15) is 13.2 Å². The summed E-state index contributed by atoms with van der Waals surface area (Å²) >= 11 is 0. The van der Waals surface area contributed by atoms with Crippen molar-refractivity contribution in [1.29, 1.82) is 0 Å². The number of amides is 1. The lowest BCUT2D eigenvalue weighted by Gasteiger charge is -2.22. The third-order valence-corrected chi connectivity index (χ3v) is 5.68. The van der Waals surface area contributed by atoms with Crippen LogP contribution in [-0.4, -0.2) is 31.0 Å². The van der Waals surface area contributed by atoms with Crippen LogP contribution in [0.4, 0.5) is 5.69 Å². The van der Waals surface area contributed by atoms with Crippen molar-refractivity contribution in [3.05, 3.63) is 36.0 Å². The molecule has 1 fully saturated rings. The second kappa shape index (κ2) is 6.23. The number of rotatable bonds is 5. The van der Waals surface area contributed by atoms with E-state index in [2.05, 4.69) is 14.9 Å². The summed E-state index contributed by atoms with van der Waals surface area (Å²) in [4.78, 5) is 17.6. The third kappa shape index (κ3) is 3.57. The SMILES string of the molecule is Cc1nc(C(C)(C)NS(=O)(=O)c2ccc(N3CCCC3=O)cc2)no1. The molecule has 0 radical (unpaired) electrons. The summed E-state index contributed by atoms with van der Waals surface area (Å²) in [6.45, 7) is 5.62. The second-order valence-electron chi connectivity index (χ2n) is 6.51. The van der Waals surface area contributed by atoms with E-state index in [0.717, 1.165) is 6.42 Å². The van der Waals surface area contributed by atoms with Crippen LogP contribution in [-0.2, 0) is 20.4 Å². The normalized spacial score (nSPS) is 15.8. The van der Waals surface area contributed by atoms with Gasteiger partial charge in [0.15, 0.2) is 5.82 Å². The van der Waals surface area contributed by atoms with Gasteiger partial charge < -0.3 is 9.42 Å². The molecule has 1 saturated heterocycles. The molecule has 25 heavy (non-hydrogen) atoms. The van der Waals surface area contributed by atoms with Crippen LogP contribution in [0.25, 0.3) is 0 Å². The molecule has 2 aromatic rings. The molecule has 134 valence electrons. The summed E-state index contributed by atoms with van der Waals surface area (Å²) in [5.74, 6) is 0.678. The molecule has 0 spiro atoms. The second-order valence-corrected chi connectivity index (χ2v) is 8.19. The van der Waals surface area contributed by atoms with E-state index < -0.39 is 15.6 Å². The minimum absolute atomic E-state index is 0.0577. The summed E-state index contributed by atoms with van der Waals surface area (Å²) in [7, 11) is -3.79. The first-order valence-corrected chi connectivity index (χ1v) is 9.42. The third-order valence-electron chi connectivity index (χ3n) is 4.01. The summed E-state index contributed by atoms with van der Waals surface area (Å²) in [6, 6.07) is 6.26. The molecule has 0 aliphatic carbocycles. The molecule has 0 bridgehead atoms. The lowest BCUT2D eigenvalue weighted by molar-refractivity contribution is -0.117. The van der Waals surface area contributed by atoms with E-state index >= 15 is 0 Å². The monoisotopic (exact) mass is 364 g/mol. The number of nitrogens with zero attached hydrogens (tertiary/aromatic N) is 3. The number of benzene rings is 1. The zero-order valence-electron chi connectivity index (χ0n) is 14.3. The standard InChI is InChI=1S/C16H20N4O4S/c1-11-17-15(18-24-11)16(2,3)19-25(22,23)13-8-6-12(7-9-13)20-10-4-5-14(20)21/h6-9,19H,4-5,10H2,1-3H3. The van der Waals surface area contributed by atoms with Crippen molar-refractivity contribution >= 4 is 21.6 Å². The highest BCUT2D eigenvalue weighted by molar-refractivity contribution is 7.89. The van der Waals surface area contributed by atoms with E-state index in [1.807, 2.05) is 0 Å². The fraction of sp³-hybridized carbons (Fsp3) is 0.438. The van der Waals surface area contributed by atoms with Crippen LogP contribution >= 0.6 is 0 Å². The molecule has 1 amide bonds. The Morgan fingerprint density at radius 1 is 1.24 bits per heavy atom. The molecule has 1 aromatic carbocycles. The van der Waals surface area contributed by atoms with Crippen LogP contribution in [0.3, 0.4) is 0 Å². The smallest absolute Gasteiger partial charge is 0.241 e. The molecule has 1 aliphatic heterocycles. The highest BCUT2D eigenvalue weighted by Crippen LogP contribution is 2.25. The van der Waals surface area contributed by atoms with Crippen molar-refractivity contribution < 1.29 is 17.7 Å². The van der Waals surface area contributed by atoms with Crippen LogP contribution < -0.4 is 9.62 Å². The highest BCUT2D eigenvalue weighted by atomic mass is 32.2. The number of sulfonamides is 1. The molecule has 0 saturated carbocycles. The van der Waals surface area contributed by atoms with Gasteiger partial charge in [0.05, 0.1) is 10.4 Å². The topological polar surface area (TPSA) is 105 Å². The fourth-order valence-corrected chi connectivity index (χ4v) is 4.10. The quantitative estimate of drug-likeness (QED) is 0.866. The maximum Gasteiger partial charge on any atom is 0.241 e. The summed E-state index contributed by atoms with van der Waals surface area (Å²) in [5.41, 5.74) is -0.324. The van der Waals surface area contributed by atoms with Crippen LogP contribution in [0, 0.1) is 6.92 Å². The Bertz CT molecular complexity index is 887. The summed E-state index contributed by atoms with van der Waals surface area (Å²) < 4.78 is 32.8. The maximum absolute atomic E-state index is 12.6. The van der Waals surface area contributed by atoms with Gasteiger partial charge in [0, 0.05) is 25.6 Å². The molecule has 2 heterocycles. The van der Waals surface area contributed by atoms with Gasteiger partial charge in [-0.05, 0) is 44.5 Å². The Labute approximate surface area is 146 Å². The average Bonchev–Trinajstić information content (AvgIpc) is 3.15. The Kier molecular flexibility index (Phi) is 4.38. The van der Waals surface area contributed by atoms with Gasteiger partial charge >= 0.3 is 0 Å². The van der Waals surface area contributed by atoms with Gasteiger partial charge in [-0.2, -0.15) is 9.71 Å². The molecular formula is C16H20N4O4S. The lowest BCUT2D eigenvalue weighted by atomic mass is 10.1. The minimum atomic E-state index is -3.79. The van der Waals surface area contributed by atoms with E-state index in [4.69, 9.17) is 4.52 Å². The van der Waals surface area contributed by atoms with Crippen molar-refractivity contribution in [2.45, 2.75) is 44.0 Å². The van der Waals surface area contributed by atoms with Gasteiger partial charge in [0.1, 0.15) is 0 Å². The van der Waals surface area contributed by atoms with Crippen molar-refractivity contribution in [1.82, 2.24) is 14.9 Å². The number of hydrogen-bond acceptors (Lipinski definition) is 6. The van der Waals surface area contributed by atoms with Gasteiger partial charge in [-0.15, -0.1) is 0 Å². The Morgan fingerprint density at radius 2 is 1.92 bits per heavy atom. The van der Waals surface area contributed by atoms with Crippen molar-refractivity contribution in [3.8, 4) is 0 Å². The Balaban J connectivity index is 1.81. The molecule has 1 aromatic heterocycles.